The number of rotatable bonds is 4. The largest absolute Gasteiger partial charge is 0.313 e. The molecular weight excluding hydrogens is 310 g/mol. The van der Waals surface area contributed by atoms with Crippen molar-refractivity contribution in [2.45, 2.75) is 0 Å². The molecule has 0 saturated heterocycles. The van der Waals surface area contributed by atoms with E-state index in [1.807, 2.05) is 36.4 Å². The Morgan fingerprint density at radius 3 is 1.30 bits per heavy atom. The average molecular weight is 321 g/mol. The van der Waals surface area contributed by atoms with Gasteiger partial charge in [-0.15, -0.1) is 0 Å². The van der Waals surface area contributed by atoms with E-state index in [9.17, 15) is 30.3 Å². The van der Waals surface area contributed by atoms with Crippen molar-refractivity contribution >= 4 is 22.7 Å². The van der Waals surface area contributed by atoms with Crippen LogP contribution in [0, 0.1) is 30.3 Å². The smallest absolute Gasteiger partial charge is 0.307 e. The van der Waals surface area contributed by atoms with Crippen LogP contribution in [-0.2, 0) is 0 Å². The Morgan fingerprint density at radius 1 is 0.739 bits per heavy atom. The van der Waals surface area contributed by atoms with E-state index in [2.05, 4.69) is 0 Å². The number of anilines is 1. The normalized spacial score (nSPS) is 9.26. The second-order valence-corrected chi connectivity index (χ2v) is 3.93. The summed E-state index contributed by atoms with van der Waals surface area (Å²) < 4.78 is 0. The van der Waals surface area contributed by atoms with Crippen LogP contribution in [0.15, 0.2) is 48.5 Å². The molecule has 0 atom stereocenters. The second kappa shape index (κ2) is 7.99. The van der Waals surface area contributed by atoms with E-state index in [0.29, 0.717) is 12.1 Å². The highest BCUT2D eigenvalue weighted by Crippen LogP contribution is 2.37. The lowest BCUT2D eigenvalue weighted by Gasteiger charge is -2.02. The maximum Gasteiger partial charge on any atom is 0.307 e. The van der Waals surface area contributed by atoms with Crippen molar-refractivity contribution in [3.8, 4) is 0 Å². The number of nitrogens with two attached hydrogens (primary N) is 1. The zero-order valence-corrected chi connectivity index (χ0v) is 11.5. The zero-order chi connectivity index (χ0) is 17.4. The topological polar surface area (TPSA) is 167 Å². The lowest BCUT2D eigenvalue weighted by Crippen LogP contribution is -2.11. The van der Waals surface area contributed by atoms with Crippen LogP contribution in [0.5, 0.6) is 0 Å². The second-order valence-electron chi connectivity index (χ2n) is 3.93. The van der Waals surface area contributed by atoms with Crippen LogP contribution in [0.2, 0.25) is 0 Å². The monoisotopic (exact) mass is 321 g/mol. The number of nitrogens with zero attached hydrogens (tertiary/aromatic N) is 3. The quantitative estimate of drug-likeness (QED) is 0.491. The number of nitro benzene ring substituents is 3. The summed E-state index contributed by atoms with van der Waals surface area (Å²) in [6, 6.07) is 13.2. The zero-order valence-electron chi connectivity index (χ0n) is 11.5. The molecule has 3 N–H and O–H groups in total. The van der Waals surface area contributed by atoms with Crippen molar-refractivity contribution < 1.29 is 14.8 Å². The molecule has 2 aromatic rings. The minimum atomic E-state index is -1.00. The number of nitro groups is 3. The summed E-state index contributed by atoms with van der Waals surface area (Å²) in [5.74, 6) is 4.92. The summed E-state index contributed by atoms with van der Waals surface area (Å²) in [7, 11) is 0. The molecule has 0 aromatic heterocycles. The molecule has 0 heterocycles. The van der Waals surface area contributed by atoms with Gasteiger partial charge in [0.15, 0.2) is 0 Å². The van der Waals surface area contributed by atoms with Crippen molar-refractivity contribution in [1.82, 2.24) is 0 Å². The number of hydrazine groups is 1. The molecule has 23 heavy (non-hydrogen) atoms. The van der Waals surface area contributed by atoms with Gasteiger partial charge >= 0.3 is 11.4 Å². The molecule has 0 aliphatic heterocycles. The standard InChI is InChI=1S/C6H5N5O6.C6H6/c7-8-6-4(10(14)15)1-3(9(12)13)2-5(6)11(16)17;1-2-4-6-5-3-1/h1-2,8H,7H2;1-6H. The summed E-state index contributed by atoms with van der Waals surface area (Å²) in [5.41, 5.74) is -1.25. The lowest BCUT2D eigenvalue weighted by molar-refractivity contribution is -0.401. The summed E-state index contributed by atoms with van der Waals surface area (Å²) in [4.78, 5) is 28.7. The first-order chi connectivity index (χ1) is 10.9. The highest BCUT2D eigenvalue weighted by molar-refractivity contribution is 5.76. The van der Waals surface area contributed by atoms with Gasteiger partial charge in [-0.1, -0.05) is 36.4 Å². The molecule has 11 heteroatoms. The van der Waals surface area contributed by atoms with E-state index in [1.54, 1.807) is 5.43 Å². The van der Waals surface area contributed by atoms with Gasteiger partial charge < -0.3 is 5.43 Å². The van der Waals surface area contributed by atoms with E-state index in [-0.39, 0.29) is 0 Å². The van der Waals surface area contributed by atoms with Gasteiger partial charge in [0.1, 0.15) is 0 Å². The van der Waals surface area contributed by atoms with E-state index in [4.69, 9.17) is 5.84 Å². The predicted molar refractivity (Wildman–Crippen MR) is 80.7 cm³/mol. The average Bonchev–Trinajstić information content (AvgIpc) is 2.55. The molecular formula is C12H11N5O6. The SMILES string of the molecule is NNc1c([N+](=O)[O-])cc([N+](=O)[O-])cc1[N+](=O)[O-].c1ccccc1. The van der Waals surface area contributed by atoms with E-state index in [1.165, 1.54) is 0 Å². The Labute approximate surface area is 128 Å². The number of benzene rings is 2. The fraction of sp³-hybridized carbons (Fsp3) is 0. The number of nitrogen functional groups attached to an aromatic ring is 1. The molecule has 0 spiro atoms. The molecule has 0 bridgehead atoms. The van der Waals surface area contributed by atoms with Gasteiger partial charge in [0.2, 0.25) is 5.69 Å². The van der Waals surface area contributed by atoms with Crippen LogP contribution in [0.4, 0.5) is 22.7 Å². The van der Waals surface area contributed by atoms with Gasteiger partial charge in [-0.2, -0.15) is 0 Å². The Kier molecular flexibility index (Phi) is 6.06. The van der Waals surface area contributed by atoms with Crippen molar-refractivity contribution in [2.24, 2.45) is 5.84 Å². The van der Waals surface area contributed by atoms with Crippen LogP contribution >= 0.6 is 0 Å². The minimum Gasteiger partial charge on any atom is -0.313 e. The Balaban J connectivity index is 0.000000366. The van der Waals surface area contributed by atoms with Crippen LogP contribution in [0.1, 0.15) is 0 Å². The molecule has 0 aliphatic rings. The van der Waals surface area contributed by atoms with Crippen LogP contribution in [0.25, 0.3) is 0 Å². The molecule has 0 radical (unpaired) electrons. The molecule has 0 saturated carbocycles. The first kappa shape index (κ1) is 17.5. The molecule has 0 amide bonds. The predicted octanol–water partition coefficient (Wildman–Crippen LogP) is 2.38. The van der Waals surface area contributed by atoms with Crippen LogP contribution < -0.4 is 11.3 Å². The summed E-state index contributed by atoms with van der Waals surface area (Å²) in [5, 5.41) is 31.6. The first-order valence-electron chi connectivity index (χ1n) is 5.96. The van der Waals surface area contributed by atoms with Crippen LogP contribution in [-0.4, -0.2) is 14.8 Å². The highest BCUT2D eigenvalue weighted by atomic mass is 16.6. The van der Waals surface area contributed by atoms with Crippen molar-refractivity contribution in [3.63, 3.8) is 0 Å². The van der Waals surface area contributed by atoms with Crippen LogP contribution in [0.3, 0.4) is 0 Å². The number of nitrogens with one attached hydrogen (secondary N) is 1. The number of hydrogen-bond donors (Lipinski definition) is 2. The van der Waals surface area contributed by atoms with Gasteiger partial charge in [-0.3, -0.25) is 36.2 Å². The maximum absolute atomic E-state index is 10.6. The first-order valence-corrected chi connectivity index (χ1v) is 5.96. The van der Waals surface area contributed by atoms with Crippen molar-refractivity contribution in [1.29, 1.82) is 0 Å². The summed E-state index contributed by atoms with van der Waals surface area (Å²) in [6.07, 6.45) is 0. The van der Waals surface area contributed by atoms with E-state index < -0.39 is 37.5 Å². The van der Waals surface area contributed by atoms with Crippen molar-refractivity contribution in [2.75, 3.05) is 5.43 Å². The van der Waals surface area contributed by atoms with E-state index >= 15 is 0 Å². The Bertz CT molecular complexity index is 659. The molecule has 2 rings (SSSR count). The Morgan fingerprint density at radius 2 is 1.09 bits per heavy atom. The molecule has 0 aliphatic carbocycles. The fourth-order valence-electron chi connectivity index (χ4n) is 1.52. The Hall–Kier alpha value is -3.60. The molecule has 120 valence electrons. The van der Waals surface area contributed by atoms with Gasteiger partial charge in [0, 0.05) is 0 Å². The summed E-state index contributed by atoms with van der Waals surface area (Å²) in [6.45, 7) is 0. The number of non-ortho nitro benzene ring substituents is 1. The third-order valence-electron chi connectivity index (χ3n) is 2.50. The molecule has 11 nitrogen and oxygen atoms in total. The molecule has 0 unspecified atom stereocenters. The van der Waals surface area contributed by atoms with Gasteiger partial charge in [-0.05, 0) is 0 Å². The van der Waals surface area contributed by atoms with Gasteiger partial charge in [0.25, 0.3) is 5.69 Å². The highest BCUT2D eigenvalue weighted by Gasteiger charge is 2.29. The number of hydrogen-bond acceptors (Lipinski definition) is 8. The maximum atomic E-state index is 10.6. The third kappa shape index (κ3) is 4.71. The molecule has 0 fully saturated rings. The fourth-order valence-corrected chi connectivity index (χ4v) is 1.52. The van der Waals surface area contributed by atoms with Crippen molar-refractivity contribution in [3.05, 3.63) is 78.9 Å². The third-order valence-corrected chi connectivity index (χ3v) is 2.50. The van der Waals surface area contributed by atoms with E-state index in [0.717, 1.165) is 0 Å². The minimum absolute atomic E-state index is 0.586. The van der Waals surface area contributed by atoms with Gasteiger partial charge in [0.05, 0.1) is 26.9 Å². The lowest BCUT2D eigenvalue weighted by atomic mass is 10.2. The molecule has 2 aromatic carbocycles. The summed E-state index contributed by atoms with van der Waals surface area (Å²) >= 11 is 0. The van der Waals surface area contributed by atoms with Gasteiger partial charge in [-0.25, -0.2) is 0 Å².